The third-order valence-corrected chi connectivity index (χ3v) is 3.78. The Bertz CT molecular complexity index is 568. The van der Waals surface area contributed by atoms with Crippen LogP contribution < -0.4 is 5.32 Å². The number of aromatic nitrogens is 3. The lowest BCUT2D eigenvalue weighted by molar-refractivity contribution is -0.118. The van der Waals surface area contributed by atoms with Gasteiger partial charge in [0.15, 0.2) is 16.7 Å². The van der Waals surface area contributed by atoms with Gasteiger partial charge in [0.2, 0.25) is 5.91 Å². The molecule has 8 heteroatoms. The van der Waals surface area contributed by atoms with E-state index in [2.05, 4.69) is 15.5 Å². The molecule has 0 bridgehead atoms. The fraction of sp³-hybridized carbons (Fsp3) is 0.462. The summed E-state index contributed by atoms with van der Waals surface area (Å²) in [6, 6.07) is 3.62. The third kappa shape index (κ3) is 4.33. The SMILES string of the molecule is COCCCNC(=O)CSc1nnc(-c2ccco2)n1C. The molecule has 2 aromatic rings. The summed E-state index contributed by atoms with van der Waals surface area (Å²) in [4.78, 5) is 11.7. The van der Waals surface area contributed by atoms with Crippen molar-refractivity contribution in [1.29, 1.82) is 0 Å². The molecule has 0 radical (unpaired) electrons. The molecule has 0 aliphatic heterocycles. The molecule has 0 saturated carbocycles. The highest BCUT2D eigenvalue weighted by Gasteiger charge is 2.14. The van der Waals surface area contributed by atoms with Gasteiger partial charge in [0, 0.05) is 27.3 Å². The molecule has 114 valence electrons. The topological polar surface area (TPSA) is 82.2 Å². The summed E-state index contributed by atoms with van der Waals surface area (Å²) in [6.07, 6.45) is 2.39. The Morgan fingerprint density at radius 2 is 2.38 bits per heavy atom. The van der Waals surface area contributed by atoms with Crippen molar-refractivity contribution in [2.24, 2.45) is 7.05 Å². The summed E-state index contributed by atoms with van der Waals surface area (Å²) >= 11 is 1.34. The van der Waals surface area contributed by atoms with Gasteiger partial charge in [-0.15, -0.1) is 10.2 Å². The fourth-order valence-corrected chi connectivity index (χ4v) is 2.43. The minimum Gasteiger partial charge on any atom is -0.461 e. The Morgan fingerprint density at radius 3 is 3.10 bits per heavy atom. The van der Waals surface area contributed by atoms with Crippen molar-refractivity contribution in [2.75, 3.05) is 26.0 Å². The molecular weight excluding hydrogens is 292 g/mol. The fourth-order valence-electron chi connectivity index (χ4n) is 1.69. The molecule has 0 unspecified atom stereocenters. The van der Waals surface area contributed by atoms with Crippen LogP contribution in [0.3, 0.4) is 0 Å². The van der Waals surface area contributed by atoms with Gasteiger partial charge in [0.25, 0.3) is 0 Å². The number of nitrogens with one attached hydrogen (secondary N) is 1. The van der Waals surface area contributed by atoms with E-state index < -0.39 is 0 Å². The standard InChI is InChI=1S/C13H18N4O3S/c1-17-12(10-5-3-8-20-10)15-16-13(17)21-9-11(18)14-6-4-7-19-2/h3,5,8H,4,6-7,9H2,1-2H3,(H,14,18). The van der Waals surface area contributed by atoms with E-state index in [1.807, 2.05) is 17.7 Å². The van der Waals surface area contributed by atoms with Crippen LogP contribution in [0.2, 0.25) is 0 Å². The molecule has 7 nitrogen and oxygen atoms in total. The number of thioether (sulfide) groups is 1. The van der Waals surface area contributed by atoms with Gasteiger partial charge in [0.1, 0.15) is 0 Å². The Hall–Kier alpha value is -1.80. The first-order valence-electron chi connectivity index (χ1n) is 6.54. The summed E-state index contributed by atoms with van der Waals surface area (Å²) in [6.45, 7) is 1.26. The molecule has 1 N–H and O–H groups in total. The number of nitrogens with zero attached hydrogens (tertiary/aromatic N) is 3. The monoisotopic (exact) mass is 310 g/mol. The molecular formula is C13H18N4O3S. The van der Waals surface area contributed by atoms with Crippen molar-refractivity contribution in [3.05, 3.63) is 18.4 Å². The van der Waals surface area contributed by atoms with Gasteiger partial charge in [-0.25, -0.2) is 0 Å². The zero-order chi connectivity index (χ0) is 15.1. The summed E-state index contributed by atoms with van der Waals surface area (Å²) < 4.78 is 12.0. The van der Waals surface area contributed by atoms with Crippen LogP contribution in [0.4, 0.5) is 0 Å². The lowest BCUT2D eigenvalue weighted by Crippen LogP contribution is -2.26. The predicted octanol–water partition coefficient (Wildman–Crippen LogP) is 1.32. The maximum absolute atomic E-state index is 11.7. The van der Waals surface area contributed by atoms with E-state index >= 15 is 0 Å². The summed E-state index contributed by atoms with van der Waals surface area (Å²) in [5, 5.41) is 11.6. The second kappa shape index (κ2) is 7.84. The second-order valence-corrected chi connectivity index (χ2v) is 5.27. The molecule has 1 amide bonds. The van der Waals surface area contributed by atoms with Crippen molar-refractivity contribution >= 4 is 17.7 Å². The number of rotatable bonds is 8. The Kier molecular flexibility index (Phi) is 5.82. The molecule has 0 aromatic carbocycles. The second-order valence-electron chi connectivity index (χ2n) is 4.33. The van der Waals surface area contributed by atoms with Crippen molar-refractivity contribution in [2.45, 2.75) is 11.6 Å². The number of hydrogen-bond donors (Lipinski definition) is 1. The van der Waals surface area contributed by atoms with E-state index in [-0.39, 0.29) is 5.91 Å². The number of amides is 1. The van der Waals surface area contributed by atoms with Crippen molar-refractivity contribution in [3.63, 3.8) is 0 Å². The lowest BCUT2D eigenvalue weighted by Gasteiger charge is -2.04. The van der Waals surface area contributed by atoms with Gasteiger partial charge in [-0.1, -0.05) is 11.8 Å². The van der Waals surface area contributed by atoms with E-state index in [9.17, 15) is 4.79 Å². The van der Waals surface area contributed by atoms with Crippen LogP contribution in [0, 0.1) is 0 Å². The first-order valence-corrected chi connectivity index (χ1v) is 7.52. The zero-order valence-electron chi connectivity index (χ0n) is 12.0. The molecule has 0 spiro atoms. The number of furan rings is 1. The van der Waals surface area contributed by atoms with Gasteiger partial charge >= 0.3 is 0 Å². The summed E-state index contributed by atoms with van der Waals surface area (Å²) in [5.41, 5.74) is 0. The predicted molar refractivity (Wildman–Crippen MR) is 78.9 cm³/mol. The van der Waals surface area contributed by atoms with Crippen molar-refractivity contribution < 1.29 is 13.9 Å². The van der Waals surface area contributed by atoms with Crippen LogP contribution in [0.15, 0.2) is 28.0 Å². The Morgan fingerprint density at radius 1 is 1.52 bits per heavy atom. The van der Waals surface area contributed by atoms with E-state index in [0.29, 0.717) is 35.6 Å². The minimum absolute atomic E-state index is 0.0290. The van der Waals surface area contributed by atoms with Gasteiger partial charge in [-0.3, -0.25) is 4.79 Å². The molecule has 0 saturated heterocycles. The Balaban J connectivity index is 1.83. The van der Waals surface area contributed by atoms with Crippen LogP contribution >= 0.6 is 11.8 Å². The molecule has 0 aliphatic rings. The van der Waals surface area contributed by atoms with E-state index in [0.717, 1.165) is 6.42 Å². The van der Waals surface area contributed by atoms with E-state index in [4.69, 9.17) is 9.15 Å². The average molecular weight is 310 g/mol. The molecule has 0 atom stereocenters. The van der Waals surface area contributed by atoms with E-state index in [1.54, 1.807) is 19.4 Å². The van der Waals surface area contributed by atoms with E-state index in [1.165, 1.54) is 11.8 Å². The van der Waals surface area contributed by atoms with Crippen molar-refractivity contribution in [3.8, 4) is 11.6 Å². The highest BCUT2D eigenvalue weighted by atomic mass is 32.2. The maximum Gasteiger partial charge on any atom is 0.230 e. The number of methoxy groups -OCH3 is 1. The highest BCUT2D eigenvalue weighted by molar-refractivity contribution is 7.99. The normalized spacial score (nSPS) is 10.8. The van der Waals surface area contributed by atoms with Gasteiger partial charge in [-0.05, 0) is 18.6 Å². The van der Waals surface area contributed by atoms with Crippen LogP contribution in [0.5, 0.6) is 0 Å². The first kappa shape index (κ1) is 15.6. The van der Waals surface area contributed by atoms with Crippen LogP contribution in [0.25, 0.3) is 11.6 Å². The number of ether oxygens (including phenoxy) is 1. The average Bonchev–Trinajstić information content (AvgIpc) is 3.11. The molecule has 2 rings (SSSR count). The quantitative estimate of drug-likeness (QED) is 0.585. The molecule has 2 heterocycles. The largest absolute Gasteiger partial charge is 0.461 e. The first-order chi connectivity index (χ1) is 10.2. The smallest absolute Gasteiger partial charge is 0.230 e. The zero-order valence-corrected chi connectivity index (χ0v) is 12.9. The van der Waals surface area contributed by atoms with Crippen LogP contribution in [-0.4, -0.2) is 46.7 Å². The molecule has 0 aliphatic carbocycles. The number of carbonyl (C=O) groups excluding carboxylic acids is 1. The molecule has 21 heavy (non-hydrogen) atoms. The minimum atomic E-state index is -0.0290. The summed E-state index contributed by atoms with van der Waals surface area (Å²) in [5.74, 6) is 1.57. The van der Waals surface area contributed by atoms with Crippen molar-refractivity contribution in [1.82, 2.24) is 20.1 Å². The van der Waals surface area contributed by atoms with Gasteiger partial charge in [-0.2, -0.15) is 0 Å². The highest BCUT2D eigenvalue weighted by Crippen LogP contribution is 2.22. The van der Waals surface area contributed by atoms with Gasteiger partial charge in [0.05, 0.1) is 12.0 Å². The van der Waals surface area contributed by atoms with Crippen LogP contribution in [-0.2, 0) is 16.6 Å². The lowest BCUT2D eigenvalue weighted by atomic mass is 10.4. The maximum atomic E-state index is 11.7. The molecule has 2 aromatic heterocycles. The Labute approximate surface area is 127 Å². The van der Waals surface area contributed by atoms with Gasteiger partial charge < -0.3 is 19.0 Å². The third-order valence-electron chi connectivity index (χ3n) is 2.76. The van der Waals surface area contributed by atoms with Crippen LogP contribution in [0.1, 0.15) is 6.42 Å². The number of carbonyl (C=O) groups is 1. The summed E-state index contributed by atoms with van der Waals surface area (Å²) in [7, 11) is 3.49. The molecule has 0 fully saturated rings. The number of hydrogen-bond acceptors (Lipinski definition) is 6.